The van der Waals surface area contributed by atoms with E-state index in [0.29, 0.717) is 11.3 Å². The van der Waals surface area contributed by atoms with Gasteiger partial charge in [0, 0.05) is 0 Å². The van der Waals surface area contributed by atoms with E-state index in [4.69, 9.17) is 11.3 Å². The van der Waals surface area contributed by atoms with Crippen LogP contribution in [0.15, 0.2) is 48.5 Å². The number of aryl methyl sites for hydroxylation is 1. The van der Waals surface area contributed by atoms with Gasteiger partial charge in [-0.2, -0.15) is 0 Å². The number of nitrogens with zero attached hydrogens (tertiary/aromatic N) is 1. The van der Waals surface area contributed by atoms with Gasteiger partial charge in [-0.1, -0.05) is 30.3 Å². The van der Waals surface area contributed by atoms with Crippen LogP contribution in [0.25, 0.3) is 10.4 Å². The molecule has 0 spiro atoms. The molecule has 0 atom stereocenters. The summed E-state index contributed by atoms with van der Waals surface area (Å²) in [5.41, 5.74) is 5.54. The molecule has 0 amide bonds. The Morgan fingerprint density at radius 3 is 2.86 bits per heavy atom. The second-order valence-corrected chi connectivity index (χ2v) is 5.18. The summed E-state index contributed by atoms with van der Waals surface area (Å²) in [5.74, 6) is -0.331. The van der Waals surface area contributed by atoms with Gasteiger partial charge < -0.3 is 4.74 Å². The highest BCUT2D eigenvalue weighted by Gasteiger charge is 2.17. The number of hydrogen-bond donors (Lipinski definition) is 0. The Labute approximate surface area is 129 Å². The van der Waals surface area contributed by atoms with Gasteiger partial charge in [0.1, 0.15) is 0 Å². The minimum absolute atomic E-state index is 0.331. The van der Waals surface area contributed by atoms with E-state index in [9.17, 15) is 4.79 Å². The summed E-state index contributed by atoms with van der Waals surface area (Å²) in [6.07, 6.45) is 4.09. The minimum Gasteiger partial charge on any atom is -0.465 e. The molecule has 0 aliphatic heterocycles. The van der Waals surface area contributed by atoms with Crippen molar-refractivity contribution in [3.05, 3.63) is 82.2 Å². The first-order chi connectivity index (χ1) is 10.7. The number of esters is 1. The molecule has 0 fully saturated rings. The molecule has 0 aromatic heterocycles. The van der Waals surface area contributed by atoms with Gasteiger partial charge in [0.25, 0.3) is 0 Å². The van der Waals surface area contributed by atoms with E-state index in [1.807, 2.05) is 36.4 Å². The molecule has 0 N–H and O–H groups in total. The highest BCUT2D eigenvalue weighted by molar-refractivity contribution is 5.92. The third kappa shape index (κ3) is 2.51. The molecule has 3 rings (SSSR count). The van der Waals surface area contributed by atoms with E-state index in [1.54, 1.807) is 6.07 Å². The van der Waals surface area contributed by atoms with Crippen LogP contribution in [0.1, 0.15) is 33.5 Å². The van der Waals surface area contributed by atoms with Gasteiger partial charge in [-0.05, 0) is 53.3 Å². The van der Waals surface area contributed by atoms with Crippen molar-refractivity contribution in [2.75, 3.05) is 7.11 Å². The van der Waals surface area contributed by atoms with Crippen LogP contribution in [0, 0.1) is 6.57 Å². The van der Waals surface area contributed by atoms with Crippen LogP contribution >= 0.6 is 0 Å². The number of allylic oxidation sites excluding steroid dienone is 1. The highest BCUT2D eigenvalue weighted by Crippen LogP contribution is 2.33. The lowest BCUT2D eigenvalue weighted by Gasteiger charge is -2.19. The Morgan fingerprint density at radius 1 is 1.23 bits per heavy atom. The van der Waals surface area contributed by atoms with Crippen molar-refractivity contribution in [3.8, 4) is 0 Å². The number of fused-ring (bicyclic) bond motifs is 1. The minimum atomic E-state index is -0.331. The van der Waals surface area contributed by atoms with Gasteiger partial charge in [0.05, 0.1) is 19.2 Å². The lowest BCUT2D eigenvalue weighted by atomic mass is 9.86. The SMILES string of the molecule is [C-]#[N+]c1cccc(C2=CCCc3ccc(C(=O)OC)cc32)c1. The van der Waals surface area contributed by atoms with Crippen molar-refractivity contribution in [1.82, 2.24) is 0 Å². The Hall–Kier alpha value is -2.86. The quantitative estimate of drug-likeness (QED) is 0.606. The molecular formula is C19H15NO2. The van der Waals surface area contributed by atoms with Crippen molar-refractivity contribution < 1.29 is 9.53 Å². The summed E-state index contributed by atoms with van der Waals surface area (Å²) >= 11 is 0. The van der Waals surface area contributed by atoms with Crippen molar-refractivity contribution in [3.63, 3.8) is 0 Å². The van der Waals surface area contributed by atoms with Crippen molar-refractivity contribution in [1.29, 1.82) is 0 Å². The number of hydrogen-bond acceptors (Lipinski definition) is 2. The maximum Gasteiger partial charge on any atom is 0.337 e. The molecule has 0 saturated carbocycles. The molecular weight excluding hydrogens is 274 g/mol. The molecule has 3 heteroatoms. The summed E-state index contributed by atoms with van der Waals surface area (Å²) in [6, 6.07) is 13.3. The summed E-state index contributed by atoms with van der Waals surface area (Å²) in [6.45, 7) is 7.16. The molecule has 0 saturated heterocycles. The average molecular weight is 289 g/mol. The largest absolute Gasteiger partial charge is 0.465 e. The third-order valence-electron chi connectivity index (χ3n) is 3.87. The van der Waals surface area contributed by atoms with E-state index in [0.717, 1.165) is 29.5 Å². The topological polar surface area (TPSA) is 30.7 Å². The van der Waals surface area contributed by atoms with Crippen LogP contribution in [0.5, 0.6) is 0 Å². The fraction of sp³-hybridized carbons (Fsp3) is 0.158. The van der Waals surface area contributed by atoms with Crippen LogP contribution in [0.4, 0.5) is 5.69 Å². The number of carbonyl (C=O) groups is 1. The molecule has 22 heavy (non-hydrogen) atoms. The second kappa shape index (κ2) is 5.87. The third-order valence-corrected chi connectivity index (χ3v) is 3.87. The number of ether oxygens (including phenoxy) is 1. The first-order valence-corrected chi connectivity index (χ1v) is 7.12. The maximum absolute atomic E-state index is 11.8. The van der Waals surface area contributed by atoms with Crippen LogP contribution < -0.4 is 0 Å². The summed E-state index contributed by atoms with van der Waals surface area (Å²) < 4.78 is 4.81. The van der Waals surface area contributed by atoms with E-state index >= 15 is 0 Å². The lowest BCUT2D eigenvalue weighted by molar-refractivity contribution is 0.0600. The van der Waals surface area contributed by atoms with Crippen LogP contribution in [0.2, 0.25) is 0 Å². The number of rotatable bonds is 2. The highest BCUT2D eigenvalue weighted by atomic mass is 16.5. The van der Waals surface area contributed by atoms with Crippen LogP contribution in [-0.4, -0.2) is 13.1 Å². The summed E-state index contributed by atoms with van der Waals surface area (Å²) in [4.78, 5) is 15.3. The van der Waals surface area contributed by atoms with Crippen molar-refractivity contribution >= 4 is 17.2 Å². The van der Waals surface area contributed by atoms with Crippen molar-refractivity contribution in [2.24, 2.45) is 0 Å². The maximum atomic E-state index is 11.8. The van der Waals surface area contributed by atoms with Gasteiger partial charge >= 0.3 is 5.97 Å². The standard InChI is InChI=1S/C19H15NO2/c1-20-16-7-3-6-14(11-16)17-8-4-5-13-9-10-15(12-18(13)17)19(21)22-2/h3,6-12H,4-5H2,2H3. The Balaban J connectivity index is 2.10. The van der Waals surface area contributed by atoms with E-state index in [-0.39, 0.29) is 5.97 Å². The first-order valence-electron chi connectivity index (χ1n) is 7.12. The van der Waals surface area contributed by atoms with Crippen LogP contribution in [0.3, 0.4) is 0 Å². The number of benzene rings is 2. The molecule has 108 valence electrons. The van der Waals surface area contributed by atoms with Gasteiger partial charge in [-0.25, -0.2) is 9.64 Å². The summed E-state index contributed by atoms with van der Waals surface area (Å²) in [7, 11) is 1.39. The van der Waals surface area contributed by atoms with E-state index in [1.165, 1.54) is 12.7 Å². The zero-order valence-electron chi connectivity index (χ0n) is 12.3. The smallest absolute Gasteiger partial charge is 0.337 e. The Morgan fingerprint density at radius 2 is 2.09 bits per heavy atom. The fourth-order valence-electron chi connectivity index (χ4n) is 2.79. The predicted molar refractivity (Wildman–Crippen MR) is 85.9 cm³/mol. The van der Waals surface area contributed by atoms with Gasteiger partial charge in [0.15, 0.2) is 5.69 Å². The molecule has 1 aliphatic rings. The molecule has 1 aliphatic carbocycles. The molecule has 2 aromatic carbocycles. The van der Waals surface area contributed by atoms with Gasteiger partial charge in [-0.3, -0.25) is 0 Å². The van der Waals surface area contributed by atoms with Gasteiger partial charge in [-0.15, -0.1) is 0 Å². The zero-order chi connectivity index (χ0) is 15.5. The fourth-order valence-corrected chi connectivity index (χ4v) is 2.79. The summed E-state index contributed by atoms with van der Waals surface area (Å²) in [5, 5.41) is 0. The zero-order valence-corrected chi connectivity index (χ0v) is 12.3. The van der Waals surface area contributed by atoms with Crippen LogP contribution in [-0.2, 0) is 11.2 Å². The normalized spacial score (nSPS) is 12.8. The van der Waals surface area contributed by atoms with Crippen molar-refractivity contribution in [2.45, 2.75) is 12.8 Å². The predicted octanol–water partition coefficient (Wildman–Crippen LogP) is 4.40. The molecule has 0 radical (unpaired) electrons. The Bertz CT molecular complexity index is 812. The molecule has 0 heterocycles. The Kier molecular flexibility index (Phi) is 3.76. The monoisotopic (exact) mass is 289 g/mol. The first kappa shape index (κ1) is 14.1. The van der Waals surface area contributed by atoms with E-state index < -0.39 is 0 Å². The second-order valence-electron chi connectivity index (χ2n) is 5.18. The van der Waals surface area contributed by atoms with Gasteiger partial charge in [0.2, 0.25) is 0 Å². The van der Waals surface area contributed by atoms with E-state index in [2.05, 4.69) is 10.9 Å². The number of methoxy groups -OCH3 is 1. The molecule has 0 bridgehead atoms. The molecule has 3 nitrogen and oxygen atoms in total. The number of carbonyl (C=O) groups excluding carboxylic acids is 1. The molecule has 2 aromatic rings. The lowest BCUT2D eigenvalue weighted by Crippen LogP contribution is -2.06. The average Bonchev–Trinajstić information content (AvgIpc) is 2.60. The molecule has 0 unspecified atom stereocenters.